The number of Topliss-reactive ketones (excluding diaryl/α,β-unsaturated/α-hetero) is 1. The predicted molar refractivity (Wildman–Crippen MR) is 62.6 cm³/mol. The molecule has 1 rings (SSSR count). The Morgan fingerprint density at radius 2 is 2.12 bits per heavy atom. The molecule has 84 valence electrons. The first-order valence-electron chi connectivity index (χ1n) is 5.01. The van der Waals surface area contributed by atoms with E-state index in [1.54, 1.807) is 18.2 Å². The topological polar surface area (TPSA) is 54.4 Å². The minimum atomic E-state index is -0.163. The molecule has 16 heavy (non-hydrogen) atoms. The molecule has 0 amide bonds. The second-order valence-corrected chi connectivity index (χ2v) is 3.59. The fourth-order valence-corrected chi connectivity index (χ4v) is 1.42. The second-order valence-electron chi connectivity index (χ2n) is 3.59. The van der Waals surface area contributed by atoms with Crippen molar-refractivity contribution in [2.75, 3.05) is 0 Å². The monoisotopic (exact) mass is 218 g/mol. The van der Waals surface area contributed by atoms with Crippen LogP contribution in [0.1, 0.15) is 34.8 Å². The van der Waals surface area contributed by atoms with Crippen LogP contribution in [0.3, 0.4) is 0 Å². The highest BCUT2D eigenvalue weighted by atomic mass is 16.3. The summed E-state index contributed by atoms with van der Waals surface area (Å²) in [5, 5.41) is 9.62. The third-order valence-electron chi connectivity index (χ3n) is 2.29. The van der Waals surface area contributed by atoms with Crippen molar-refractivity contribution < 1.29 is 14.7 Å². The summed E-state index contributed by atoms with van der Waals surface area (Å²) in [4.78, 5) is 21.3. The van der Waals surface area contributed by atoms with Crippen molar-refractivity contribution in [2.24, 2.45) is 0 Å². The smallest absolute Gasteiger partial charge is 0.163 e. The Morgan fingerprint density at radius 1 is 1.44 bits per heavy atom. The number of benzene rings is 1. The average Bonchev–Trinajstić information content (AvgIpc) is 2.22. The molecule has 0 bridgehead atoms. The number of hydrogen-bond donors (Lipinski definition) is 1. The molecule has 0 aliphatic heterocycles. The molecule has 0 unspecified atom stereocenters. The standard InChI is InChI=1S/C13H14O3/c1-9-7-12(10(2)15)13(16)8-11(9)5-3-4-6-14/h3,5-8,16H,4H2,1-2H3. The molecule has 0 heterocycles. The van der Waals surface area contributed by atoms with Crippen molar-refractivity contribution in [3.05, 3.63) is 34.9 Å². The second kappa shape index (κ2) is 5.26. The number of aldehydes is 1. The number of carbonyl (C=O) groups is 2. The lowest BCUT2D eigenvalue weighted by Gasteiger charge is -2.05. The van der Waals surface area contributed by atoms with Crippen molar-refractivity contribution in [1.29, 1.82) is 0 Å². The van der Waals surface area contributed by atoms with Crippen LogP contribution in [-0.2, 0) is 4.79 Å². The molecule has 1 N–H and O–H groups in total. The third-order valence-corrected chi connectivity index (χ3v) is 2.29. The van der Waals surface area contributed by atoms with Gasteiger partial charge in [0.1, 0.15) is 12.0 Å². The summed E-state index contributed by atoms with van der Waals surface area (Å²) in [6.07, 6.45) is 4.61. The number of ketones is 1. The molecule has 0 saturated carbocycles. The van der Waals surface area contributed by atoms with E-state index in [-0.39, 0.29) is 11.5 Å². The van der Waals surface area contributed by atoms with Crippen LogP contribution in [0.25, 0.3) is 6.08 Å². The summed E-state index contributed by atoms with van der Waals surface area (Å²) in [6.45, 7) is 3.27. The molecule has 3 nitrogen and oxygen atoms in total. The lowest BCUT2D eigenvalue weighted by atomic mass is 10.0. The van der Waals surface area contributed by atoms with Crippen LogP contribution in [0.4, 0.5) is 0 Å². The highest BCUT2D eigenvalue weighted by Gasteiger charge is 2.08. The van der Waals surface area contributed by atoms with E-state index in [1.165, 1.54) is 13.0 Å². The summed E-state index contributed by atoms with van der Waals surface area (Å²) in [7, 11) is 0. The Bertz CT molecular complexity index is 445. The molecule has 1 aromatic rings. The number of aromatic hydroxyl groups is 1. The van der Waals surface area contributed by atoms with Gasteiger partial charge in [0.25, 0.3) is 0 Å². The zero-order valence-electron chi connectivity index (χ0n) is 9.36. The average molecular weight is 218 g/mol. The number of hydrogen-bond acceptors (Lipinski definition) is 3. The fraction of sp³-hybridized carbons (Fsp3) is 0.231. The molecule has 0 radical (unpaired) electrons. The Labute approximate surface area is 94.4 Å². The van der Waals surface area contributed by atoms with Gasteiger partial charge in [0.05, 0.1) is 5.56 Å². The van der Waals surface area contributed by atoms with E-state index >= 15 is 0 Å². The first-order valence-corrected chi connectivity index (χ1v) is 5.01. The molecule has 0 aliphatic rings. The summed E-state index contributed by atoms with van der Waals surface area (Å²) < 4.78 is 0. The van der Waals surface area contributed by atoms with Gasteiger partial charge in [-0.05, 0) is 37.1 Å². The van der Waals surface area contributed by atoms with Crippen LogP contribution in [-0.4, -0.2) is 17.2 Å². The van der Waals surface area contributed by atoms with Crippen molar-refractivity contribution in [3.63, 3.8) is 0 Å². The maximum absolute atomic E-state index is 11.2. The van der Waals surface area contributed by atoms with Crippen LogP contribution in [0, 0.1) is 6.92 Å². The molecule has 1 aromatic carbocycles. The maximum atomic E-state index is 11.2. The number of allylic oxidation sites excluding steroid dienone is 1. The first-order chi connectivity index (χ1) is 7.56. The van der Waals surface area contributed by atoms with Crippen LogP contribution in [0.2, 0.25) is 0 Å². The Hall–Kier alpha value is -1.90. The van der Waals surface area contributed by atoms with Gasteiger partial charge >= 0.3 is 0 Å². The summed E-state index contributed by atoms with van der Waals surface area (Å²) in [5.74, 6) is -0.187. The van der Waals surface area contributed by atoms with Gasteiger partial charge in [-0.3, -0.25) is 4.79 Å². The number of phenols is 1. The zero-order chi connectivity index (χ0) is 12.1. The van der Waals surface area contributed by atoms with Crippen LogP contribution in [0.15, 0.2) is 18.2 Å². The largest absolute Gasteiger partial charge is 0.507 e. The van der Waals surface area contributed by atoms with E-state index < -0.39 is 0 Å². The van der Waals surface area contributed by atoms with Gasteiger partial charge in [-0.1, -0.05) is 12.2 Å². The van der Waals surface area contributed by atoms with E-state index in [0.29, 0.717) is 12.0 Å². The van der Waals surface area contributed by atoms with E-state index in [9.17, 15) is 14.7 Å². The summed E-state index contributed by atoms with van der Waals surface area (Å²) >= 11 is 0. The Morgan fingerprint density at radius 3 is 2.69 bits per heavy atom. The molecular weight excluding hydrogens is 204 g/mol. The highest BCUT2D eigenvalue weighted by Crippen LogP contribution is 2.23. The quantitative estimate of drug-likeness (QED) is 0.624. The fourth-order valence-electron chi connectivity index (χ4n) is 1.42. The van der Waals surface area contributed by atoms with Crippen molar-refractivity contribution in [2.45, 2.75) is 20.3 Å². The zero-order valence-corrected chi connectivity index (χ0v) is 9.36. The number of phenolic OH excluding ortho intramolecular Hbond substituents is 1. The van der Waals surface area contributed by atoms with Gasteiger partial charge in [0, 0.05) is 6.42 Å². The van der Waals surface area contributed by atoms with Crippen molar-refractivity contribution >= 4 is 18.1 Å². The summed E-state index contributed by atoms with van der Waals surface area (Å²) in [6, 6.07) is 3.19. The molecular formula is C13H14O3. The number of carbonyl (C=O) groups excluding carboxylic acids is 2. The van der Waals surface area contributed by atoms with E-state index in [0.717, 1.165) is 17.4 Å². The van der Waals surface area contributed by atoms with Gasteiger partial charge in [-0.25, -0.2) is 0 Å². The molecule has 0 spiro atoms. The Kier molecular flexibility index (Phi) is 4.00. The third kappa shape index (κ3) is 2.79. The normalized spacial score (nSPS) is 10.6. The molecule has 3 heteroatoms. The molecule has 0 saturated heterocycles. The van der Waals surface area contributed by atoms with Gasteiger partial charge < -0.3 is 9.90 Å². The van der Waals surface area contributed by atoms with Gasteiger partial charge in [-0.2, -0.15) is 0 Å². The van der Waals surface area contributed by atoms with Crippen molar-refractivity contribution in [1.82, 2.24) is 0 Å². The van der Waals surface area contributed by atoms with Crippen LogP contribution < -0.4 is 0 Å². The van der Waals surface area contributed by atoms with Gasteiger partial charge in [0.2, 0.25) is 0 Å². The van der Waals surface area contributed by atoms with Gasteiger partial charge in [-0.15, -0.1) is 0 Å². The predicted octanol–water partition coefficient (Wildman–Crippen LogP) is 2.51. The first kappa shape index (κ1) is 12.2. The maximum Gasteiger partial charge on any atom is 0.163 e. The van der Waals surface area contributed by atoms with Gasteiger partial charge in [0.15, 0.2) is 5.78 Å². The molecule has 0 atom stereocenters. The van der Waals surface area contributed by atoms with Crippen molar-refractivity contribution in [3.8, 4) is 5.75 Å². The minimum absolute atomic E-state index is 0.0242. The number of aryl methyl sites for hydroxylation is 1. The Balaban J connectivity index is 3.10. The lowest BCUT2D eigenvalue weighted by molar-refractivity contribution is -0.107. The highest BCUT2D eigenvalue weighted by molar-refractivity contribution is 5.97. The van der Waals surface area contributed by atoms with E-state index in [1.807, 2.05) is 6.92 Å². The summed E-state index contributed by atoms with van der Waals surface area (Å²) in [5.41, 5.74) is 2.03. The van der Waals surface area contributed by atoms with Crippen LogP contribution in [0.5, 0.6) is 5.75 Å². The SMILES string of the molecule is CC(=O)c1cc(C)c(C=CCC=O)cc1O. The van der Waals surface area contributed by atoms with E-state index in [2.05, 4.69) is 0 Å². The van der Waals surface area contributed by atoms with Crippen LogP contribution >= 0.6 is 0 Å². The molecule has 0 fully saturated rings. The van der Waals surface area contributed by atoms with E-state index in [4.69, 9.17) is 0 Å². The number of rotatable bonds is 4. The lowest BCUT2D eigenvalue weighted by Crippen LogP contribution is -1.95. The minimum Gasteiger partial charge on any atom is -0.507 e. The molecule has 0 aromatic heterocycles. The molecule has 0 aliphatic carbocycles.